The third-order valence-corrected chi connectivity index (χ3v) is 4.70. The van der Waals surface area contributed by atoms with Gasteiger partial charge in [-0.1, -0.05) is 6.07 Å². The monoisotopic (exact) mass is 310 g/mol. The molecule has 1 aliphatic carbocycles. The van der Waals surface area contributed by atoms with E-state index in [1.54, 1.807) is 12.1 Å². The summed E-state index contributed by atoms with van der Waals surface area (Å²) in [5, 5.41) is 0. The van der Waals surface area contributed by atoms with E-state index in [9.17, 15) is 17.2 Å². The van der Waals surface area contributed by atoms with E-state index in [0.29, 0.717) is 6.07 Å². The van der Waals surface area contributed by atoms with Gasteiger partial charge in [0.2, 0.25) is 0 Å². The lowest BCUT2D eigenvalue weighted by atomic mass is 10.1. The first-order valence-corrected chi connectivity index (χ1v) is 7.88. The zero-order valence-electron chi connectivity index (χ0n) is 11.0. The maximum atomic E-state index is 13.1. The van der Waals surface area contributed by atoms with Gasteiger partial charge in [-0.25, -0.2) is 8.78 Å². The highest BCUT2D eigenvalue weighted by Gasteiger charge is 2.20. The van der Waals surface area contributed by atoms with Gasteiger partial charge in [0.05, 0.1) is 0 Å². The van der Waals surface area contributed by atoms with Crippen LogP contribution in [0.1, 0.15) is 17.5 Å². The van der Waals surface area contributed by atoms with Crippen LogP contribution < -0.4 is 4.18 Å². The second-order valence-corrected chi connectivity index (χ2v) is 6.44. The molecule has 0 aliphatic heterocycles. The molecule has 2 aromatic carbocycles. The number of fused-ring (bicyclic) bond motifs is 1. The molecule has 1 aliphatic rings. The molecule has 0 aromatic heterocycles. The molecular formula is C15H12F2O3S. The van der Waals surface area contributed by atoms with Gasteiger partial charge in [0.1, 0.15) is 10.6 Å². The highest BCUT2D eigenvalue weighted by Crippen LogP contribution is 2.28. The van der Waals surface area contributed by atoms with Crippen LogP contribution in [0.3, 0.4) is 0 Å². The number of hydrogen-bond donors (Lipinski definition) is 0. The van der Waals surface area contributed by atoms with Gasteiger partial charge >= 0.3 is 10.1 Å². The van der Waals surface area contributed by atoms with Gasteiger partial charge in [-0.05, 0) is 60.7 Å². The van der Waals surface area contributed by atoms with E-state index in [1.165, 1.54) is 5.56 Å². The normalized spacial score (nSPS) is 14.0. The summed E-state index contributed by atoms with van der Waals surface area (Å²) in [6.45, 7) is 0. The smallest absolute Gasteiger partial charge is 0.339 e. The molecule has 0 saturated carbocycles. The van der Waals surface area contributed by atoms with E-state index in [2.05, 4.69) is 0 Å². The summed E-state index contributed by atoms with van der Waals surface area (Å²) in [5.74, 6) is -2.15. The number of aryl methyl sites for hydroxylation is 2. The molecule has 2 aromatic rings. The zero-order valence-corrected chi connectivity index (χ0v) is 11.8. The molecule has 110 valence electrons. The Balaban J connectivity index is 1.90. The maximum Gasteiger partial charge on any atom is 0.339 e. The number of rotatable bonds is 3. The standard InChI is InChI=1S/C15H12F2O3S/c16-14-7-6-13(9-15(14)17)21(18,19)20-12-5-4-10-2-1-3-11(10)8-12/h4-9H,1-3H2. The van der Waals surface area contributed by atoms with Gasteiger partial charge in [0, 0.05) is 0 Å². The van der Waals surface area contributed by atoms with E-state index in [0.717, 1.165) is 37.0 Å². The fourth-order valence-corrected chi connectivity index (χ4v) is 3.34. The molecule has 3 rings (SSSR count). The van der Waals surface area contributed by atoms with Crippen molar-refractivity contribution in [3.63, 3.8) is 0 Å². The lowest BCUT2D eigenvalue weighted by Gasteiger charge is -2.09. The van der Waals surface area contributed by atoms with Crippen LogP contribution in [-0.2, 0) is 23.0 Å². The topological polar surface area (TPSA) is 43.4 Å². The van der Waals surface area contributed by atoms with Gasteiger partial charge in [-0.15, -0.1) is 0 Å². The highest BCUT2D eigenvalue weighted by molar-refractivity contribution is 7.87. The highest BCUT2D eigenvalue weighted by atomic mass is 32.2. The fraction of sp³-hybridized carbons (Fsp3) is 0.200. The van der Waals surface area contributed by atoms with Gasteiger partial charge < -0.3 is 4.18 Å². The summed E-state index contributed by atoms with van der Waals surface area (Å²) in [6.07, 6.45) is 2.90. The molecule has 0 fully saturated rings. The number of hydrogen-bond acceptors (Lipinski definition) is 3. The minimum absolute atomic E-state index is 0.181. The molecule has 0 spiro atoms. The van der Waals surface area contributed by atoms with E-state index in [4.69, 9.17) is 4.18 Å². The Morgan fingerprint density at radius 3 is 2.43 bits per heavy atom. The average Bonchev–Trinajstić information content (AvgIpc) is 2.88. The summed E-state index contributed by atoms with van der Waals surface area (Å²) in [5.41, 5.74) is 2.25. The van der Waals surface area contributed by atoms with E-state index in [-0.39, 0.29) is 5.75 Å². The first kappa shape index (κ1) is 14.0. The van der Waals surface area contributed by atoms with Crippen molar-refractivity contribution in [1.82, 2.24) is 0 Å². The van der Waals surface area contributed by atoms with E-state index in [1.807, 2.05) is 6.07 Å². The van der Waals surface area contributed by atoms with Gasteiger partial charge in [-0.2, -0.15) is 8.42 Å². The number of benzene rings is 2. The summed E-state index contributed by atoms with van der Waals surface area (Å²) < 4.78 is 55.1. The van der Waals surface area contributed by atoms with Crippen molar-refractivity contribution in [3.8, 4) is 5.75 Å². The Morgan fingerprint density at radius 2 is 1.67 bits per heavy atom. The lowest BCUT2D eigenvalue weighted by molar-refractivity contribution is 0.479. The van der Waals surface area contributed by atoms with Crippen molar-refractivity contribution in [2.45, 2.75) is 24.2 Å². The van der Waals surface area contributed by atoms with Crippen LogP contribution in [0.25, 0.3) is 0 Å². The van der Waals surface area contributed by atoms with Crippen molar-refractivity contribution in [3.05, 3.63) is 59.2 Å². The lowest BCUT2D eigenvalue weighted by Crippen LogP contribution is -2.10. The van der Waals surface area contributed by atoms with Gasteiger partial charge in [-0.3, -0.25) is 0 Å². The van der Waals surface area contributed by atoms with Crippen LogP contribution in [-0.4, -0.2) is 8.42 Å². The maximum absolute atomic E-state index is 13.1. The van der Waals surface area contributed by atoms with E-state index >= 15 is 0 Å². The summed E-state index contributed by atoms with van der Waals surface area (Å²) in [4.78, 5) is -0.415. The third kappa shape index (κ3) is 2.76. The predicted molar refractivity (Wildman–Crippen MR) is 72.6 cm³/mol. The first-order valence-electron chi connectivity index (χ1n) is 6.47. The minimum atomic E-state index is -4.18. The molecule has 0 bridgehead atoms. The van der Waals surface area contributed by atoms with Crippen molar-refractivity contribution < 1.29 is 21.4 Å². The molecule has 0 unspecified atom stereocenters. The second-order valence-electron chi connectivity index (χ2n) is 4.90. The van der Waals surface area contributed by atoms with Crippen LogP contribution >= 0.6 is 0 Å². The van der Waals surface area contributed by atoms with Crippen LogP contribution in [0, 0.1) is 11.6 Å². The molecule has 0 radical (unpaired) electrons. The average molecular weight is 310 g/mol. The van der Waals surface area contributed by atoms with Gasteiger partial charge in [0.15, 0.2) is 11.6 Å². The molecule has 0 heterocycles. The van der Waals surface area contributed by atoms with Gasteiger partial charge in [0.25, 0.3) is 0 Å². The molecule has 0 atom stereocenters. The minimum Gasteiger partial charge on any atom is -0.379 e. The zero-order chi connectivity index (χ0) is 15.0. The Bertz CT molecular complexity index is 801. The molecule has 0 N–H and O–H groups in total. The Morgan fingerprint density at radius 1 is 0.905 bits per heavy atom. The van der Waals surface area contributed by atoms with Crippen LogP contribution in [0.15, 0.2) is 41.3 Å². The fourth-order valence-electron chi connectivity index (χ4n) is 2.41. The Labute approximate surface area is 121 Å². The number of halogens is 2. The largest absolute Gasteiger partial charge is 0.379 e. The first-order chi connectivity index (χ1) is 9.95. The predicted octanol–water partition coefficient (Wildman–Crippen LogP) is 3.22. The second kappa shape index (κ2) is 5.11. The molecule has 0 saturated heterocycles. The van der Waals surface area contributed by atoms with Crippen molar-refractivity contribution in [2.75, 3.05) is 0 Å². The van der Waals surface area contributed by atoms with Crippen LogP contribution in [0.4, 0.5) is 8.78 Å². The Kier molecular flexibility index (Phi) is 3.41. The SMILES string of the molecule is O=S(=O)(Oc1ccc2c(c1)CCC2)c1ccc(F)c(F)c1. The molecule has 21 heavy (non-hydrogen) atoms. The van der Waals surface area contributed by atoms with E-state index < -0.39 is 26.6 Å². The van der Waals surface area contributed by atoms with Crippen LogP contribution in [0.5, 0.6) is 5.75 Å². The van der Waals surface area contributed by atoms with Crippen molar-refractivity contribution >= 4 is 10.1 Å². The quantitative estimate of drug-likeness (QED) is 0.818. The van der Waals surface area contributed by atoms with Crippen molar-refractivity contribution in [1.29, 1.82) is 0 Å². The molecule has 6 heteroatoms. The summed E-state index contributed by atoms with van der Waals surface area (Å²) in [7, 11) is -4.18. The summed E-state index contributed by atoms with van der Waals surface area (Å²) in [6, 6.07) is 7.42. The summed E-state index contributed by atoms with van der Waals surface area (Å²) >= 11 is 0. The van der Waals surface area contributed by atoms with Crippen LogP contribution in [0.2, 0.25) is 0 Å². The molecule has 3 nitrogen and oxygen atoms in total. The Hall–Kier alpha value is -1.95. The molecule has 0 amide bonds. The van der Waals surface area contributed by atoms with Crippen molar-refractivity contribution in [2.24, 2.45) is 0 Å². The molecular weight excluding hydrogens is 298 g/mol. The third-order valence-electron chi connectivity index (χ3n) is 3.46.